The van der Waals surface area contributed by atoms with Crippen molar-refractivity contribution in [3.8, 4) is 0 Å². The molecule has 0 radical (unpaired) electrons. The lowest BCUT2D eigenvalue weighted by molar-refractivity contribution is 0.0894. The predicted molar refractivity (Wildman–Crippen MR) is 75.8 cm³/mol. The Morgan fingerprint density at radius 2 is 2.11 bits per heavy atom. The first-order valence-corrected chi connectivity index (χ1v) is 8.05. The minimum absolute atomic E-state index is 0.761. The third kappa shape index (κ3) is 2.89. The minimum atomic E-state index is 0.761. The van der Waals surface area contributed by atoms with Crippen LogP contribution in [0.25, 0.3) is 0 Å². The van der Waals surface area contributed by atoms with Crippen molar-refractivity contribution in [3.05, 3.63) is 0 Å². The molecule has 0 aliphatic carbocycles. The Kier molecular flexibility index (Phi) is 4.22. The number of hydrogen-bond donors (Lipinski definition) is 1. The molecule has 0 amide bonds. The standard InChI is InChI=1S/C15H29N3/c1-2-13-5-6-16-14(10-13)11-17-8-9-18-7-3-4-15(18)12-17/h13-16H,2-12H2,1H3. The molecule has 18 heavy (non-hydrogen) atoms. The minimum Gasteiger partial charge on any atom is -0.313 e. The number of hydrogen-bond acceptors (Lipinski definition) is 3. The molecular formula is C15H29N3. The largest absolute Gasteiger partial charge is 0.313 e. The number of nitrogens with zero attached hydrogens (tertiary/aromatic N) is 2. The van der Waals surface area contributed by atoms with E-state index >= 15 is 0 Å². The van der Waals surface area contributed by atoms with Gasteiger partial charge in [-0.15, -0.1) is 0 Å². The maximum Gasteiger partial charge on any atom is 0.0224 e. The van der Waals surface area contributed by atoms with E-state index in [-0.39, 0.29) is 0 Å². The van der Waals surface area contributed by atoms with E-state index in [0.29, 0.717) is 0 Å². The van der Waals surface area contributed by atoms with E-state index in [0.717, 1.165) is 18.0 Å². The predicted octanol–water partition coefficient (Wildman–Crippen LogP) is 1.54. The molecule has 0 aromatic heterocycles. The molecule has 3 rings (SSSR count). The lowest BCUT2D eigenvalue weighted by Gasteiger charge is -2.40. The van der Waals surface area contributed by atoms with E-state index in [1.54, 1.807) is 0 Å². The molecule has 0 bridgehead atoms. The van der Waals surface area contributed by atoms with Gasteiger partial charge in [-0.3, -0.25) is 9.80 Å². The Labute approximate surface area is 112 Å². The Morgan fingerprint density at radius 3 is 3.00 bits per heavy atom. The molecule has 3 saturated heterocycles. The summed E-state index contributed by atoms with van der Waals surface area (Å²) < 4.78 is 0. The van der Waals surface area contributed by atoms with Crippen LogP contribution in [-0.2, 0) is 0 Å². The summed E-state index contributed by atoms with van der Waals surface area (Å²) in [5, 5.41) is 3.74. The van der Waals surface area contributed by atoms with Crippen LogP contribution in [-0.4, -0.2) is 61.2 Å². The topological polar surface area (TPSA) is 18.5 Å². The van der Waals surface area contributed by atoms with Crippen LogP contribution in [0.5, 0.6) is 0 Å². The van der Waals surface area contributed by atoms with Crippen LogP contribution < -0.4 is 5.32 Å². The van der Waals surface area contributed by atoms with Crippen LogP contribution in [0.2, 0.25) is 0 Å². The summed E-state index contributed by atoms with van der Waals surface area (Å²) >= 11 is 0. The van der Waals surface area contributed by atoms with Gasteiger partial charge in [-0.05, 0) is 44.7 Å². The summed E-state index contributed by atoms with van der Waals surface area (Å²) in [7, 11) is 0. The van der Waals surface area contributed by atoms with Crippen LogP contribution >= 0.6 is 0 Å². The zero-order valence-electron chi connectivity index (χ0n) is 11.9. The van der Waals surface area contributed by atoms with Crippen molar-refractivity contribution >= 4 is 0 Å². The SMILES string of the molecule is CCC1CCNC(CN2CCN3CCCC3C2)C1. The van der Waals surface area contributed by atoms with Crippen LogP contribution in [0.4, 0.5) is 0 Å². The third-order valence-corrected chi connectivity index (χ3v) is 5.33. The van der Waals surface area contributed by atoms with Crippen molar-refractivity contribution in [2.24, 2.45) is 5.92 Å². The van der Waals surface area contributed by atoms with Gasteiger partial charge < -0.3 is 5.32 Å². The molecule has 3 fully saturated rings. The molecule has 3 heterocycles. The molecular weight excluding hydrogens is 222 g/mol. The van der Waals surface area contributed by atoms with E-state index in [1.807, 2.05) is 0 Å². The van der Waals surface area contributed by atoms with Crippen LogP contribution in [0.15, 0.2) is 0 Å². The molecule has 3 unspecified atom stereocenters. The van der Waals surface area contributed by atoms with Gasteiger partial charge in [-0.2, -0.15) is 0 Å². The first kappa shape index (κ1) is 12.9. The number of nitrogens with one attached hydrogen (secondary N) is 1. The highest BCUT2D eigenvalue weighted by atomic mass is 15.3. The zero-order chi connectivity index (χ0) is 12.4. The van der Waals surface area contributed by atoms with Crippen LogP contribution in [0.1, 0.15) is 39.0 Å². The molecule has 104 valence electrons. The fraction of sp³-hybridized carbons (Fsp3) is 1.00. The second-order valence-electron chi connectivity index (χ2n) is 6.54. The van der Waals surface area contributed by atoms with E-state index in [9.17, 15) is 0 Å². The smallest absolute Gasteiger partial charge is 0.0224 e. The molecule has 3 aliphatic heterocycles. The molecule has 0 saturated carbocycles. The summed E-state index contributed by atoms with van der Waals surface area (Å²) in [5.74, 6) is 0.976. The van der Waals surface area contributed by atoms with Gasteiger partial charge in [0.05, 0.1) is 0 Å². The number of fused-ring (bicyclic) bond motifs is 1. The van der Waals surface area contributed by atoms with Gasteiger partial charge in [0, 0.05) is 38.3 Å². The summed E-state index contributed by atoms with van der Waals surface area (Å²) in [6.45, 7) is 10.2. The Balaban J connectivity index is 1.47. The third-order valence-electron chi connectivity index (χ3n) is 5.33. The van der Waals surface area contributed by atoms with E-state index < -0.39 is 0 Å². The molecule has 0 aromatic rings. The van der Waals surface area contributed by atoms with Crippen LogP contribution in [0, 0.1) is 5.92 Å². The quantitative estimate of drug-likeness (QED) is 0.821. The highest BCUT2D eigenvalue weighted by Crippen LogP contribution is 2.23. The first-order chi connectivity index (χ1) is 8.85. The van der Waals surface area contributed by atoms with E-state index in [4.69, 9.17) is 0 Å². The van der Waals surface area contributed by atoms with Crippen molar-refractivity contribution < 1.29 is 0 Å². The average Bonchev–Trinajstić information content (AvgIpc) is 2.86. The van der Waals surface area contributed by atoms with Gasteiger partial charge in [-0.25, -0.2) is 0 Å². The van der Waals surface area contributed by atoms with Crippen LogP contribution in [0.3, 0.4) is 0 Å². The molecule has 3 atom stereocenters. The zero-order valence-corrected chi connectivity index (χ0v) is 11.9. The second-order valence-corrected chi connectivity index (χ2v) is 6.54. The number of rotatable bonds is 3. The van der Waals surface area contributed by atoms with Crippen molar-refractivity contribution in [3.63, 3.8) is 0 Å². The summed E-state index contributed by atoms with van der Waals surface area (Å²) in [6.07, 6.45) is 7.03. The molecule has 0 aromatic carbocycles. The van der Waals surface area contributed by atoms with Gasteiger partial charge in [-0.1, -0.05) is 13.3 Å². The maximum absolute atomic E-state index is 3.74. The molecule has 3 heteroatoms. The van der Waals surface area contributed by atoms with Crippen molar-refractivity contribution in [2.75, 3.05) is 39.3 Å². The molecule has 0 spiro atoms. The Bertz CT molecular complexity index is 268. The van der Waals surface area contributed by atoms with Gasteiger partial charge in [0.25, 0.3) is 0 Å². The maximum atomic E-state index is 3.74. The fourth-order valence-electron chi connectivity index (χ4n) is 4.14. The van der Waals surface area contributed by atoms with E-state index in [2.05, 4.69) is 22.0 Å². The number of piperazine rings is 1. The summed E-state index contributed by atoms with van der Waals surface area (Å²) in [5.41, 5.74) is 0. The fourth-order valence-corrected chi connectivity index (χ4v) is 4.14. The van der Waals surface area contributed by atoms with Crippen molar-refractivity contribution in [1.82, 2.24) is 15.1 Å². The molecule has 1 N–H and O–H groups in total. The van der Waals surface area contributed by atoms with Gasteiger partial charge >= 0.3 is 0 Å². The highest BCUT2D eigenvalue weighted by molar-refractivity contribution is 4.89. The monoisotopic (exact) mass is 251 g/mol. The normalized spacial score (nSPS) is 38.8. The highest BCUT2D eigenvalue weighted by Gasteiger charge is 2.31. The van der Waals surface area contributed by atoms with E-state index in [1.165, 1.54) is 71.4 Å². The lowest BCUT2D eigenvalue weighted by atomic mass is 9.90. The molecule has 3 aliphatic rings. The molecule has 3 nitrogen and oxygen atoms in total. The Hall–Kier alpha value is -0.120. The summed E-state index contributed by atoms with van der Waals surface area (Å²) in [4.78, 5) is 5.43. The summed E-state index contributed by atoms with van der Waals surface area (Å²) in [6, 6.07) is 1.64. The first-order valence-electron chi connectivity index (χ1n) is 8.05. The number of piperidine rings is 1. The van der Waals surface area contributed by atoms with Gasteiger partial charge in [0.15, 0.2) is 0 Å². The van der Waals surface area contributed by atoms with Gasteiger partial charge in [0.1, 0.15) is 0 Å². The van der Waals surface area contributed by atoms with Crippen molar-refractivity contribution in [1.29, 1.82) is 0 Å². The lowest BCUT2D eigenvalue weighted by Crippen LogP contribution is -2.54. The van der Waals surface area contributed by atoms with Gasteiger partial charge in [0.2, 0.25) is 0 Å². The Morgan fingerprint density at radius 1 is 1.17 bits per heavy atom. The second kappa shape index (κ2) is 5.89. The average molecular weight is 251 g/mol. The van der Waals surface area contributed by atoms with Crippen molar-refractivity contribution in [2.45, 2.75) is 51.1 Å².